The average molecular weight is 320 g/mol. The zero-order valence-electron chi connectivity index (χ0n) is 14.1. The van der Waals surface area contributed by atoms with Crippen molar-refractivity contribution in [2.75, 3.05) is 26.7 Å². The second kappa shape index (κ2) is 6.48. The van der Waals surface area contributed by atoms with Gasteiger partial charge in [-0.3, -0.25) is 9.69 Å². The van der Waals surface area contributed by atoms with E-state index in [2.05, 4.69) is 18.7 Å². The Balaban J connectivity index is 1.55. The molecule has 2 fully saturated rings. The highest BCUT2D eigenvalue weighted by atomic mass is 19.1. The monoisotopic (exact) mass is 320 g/mol. The van der Waals surface area contributed by atoms with Crippen LogP contribution in [-0.4, -0.2) is 54.5 Å². The molecule has 0 N–H and O–H groups in total. The number of halogens is 1. The highest BCUT2D eigenvalue weighted by molar-refractivity contribution is 5.79. The van der Waals surface area contributed by atoms with E-state index in [0.29, 0.717) is 31.7 Å². The lowest BCUT2D eigenvalue weighted by Crippen LogP contribution is -2.52. The van der Waals surface area contributed by atoms with Gasteiger partial charge in [0.05, 0.1) is 13.7 Å². The molecule has 4 nitrogen and oxygen atoms in total. The number of ether oxygens (including phenoxy) is 1. The van der Waals surface area contributed by atoms with Gasteiger partial charge in [0.15, 0.2) is 11.6 Å². The molecule has 2 saturated heterocycles. The Bertz CT molecular complexity index is 576. The fraction of sp³-hybridized carbons (Fsp3) is 0.611. The molecule has 5 heteroatoms. The maximum Gasteiger partial charge on any atom is 0.236 e. The Morgan fingerprint density at radius 2 is 1.91 bits per heavy atom. The van der Waals surface area contributed by atoms with E-state index >= 15 is 0 Å². The molecule has 2 heterocycles. The molecule has 0 aromatic heterocycles. The van der Waals surface area contributed by atoms with E-state index in [-0.39, 0.29) is 23.4 Å². The van der Waals surface area contributed by atoms with Crippen LogP contribution in [0.5, 0.6) is 5.75 Å². The molecule has 23 heavy (non-hydrogen) atoms. The molecule has 2 aliphatic heterocycles. The van der Waals surface area contributed by atoms with Crippen molar-refractivity contribution in [1.29, 1.82) is 0 Å². The van der Waals surface area contributed by atoms with Crippen molar-refractivity contribution < 1.29 is 13.9 Å². The molecular formula is C18H25FN2O2. The number of hydrogen-bond donors (Lipinski definition) is 0. The van der Waals surface area contributed by atoms with Gasteiger partial charge in [0.2, 0.25) is 5.91 Å². The lowest BCUT2D eigenvalue weighted by molar-refractivity contribution is -0.137. The first-order valence-corrected chi connectivity index (χ1v) is 8.36. The molecule has 3 rings (SSSR count). The van der Waals surface area contributed by atoms with Crippen LogP contribution in [0.2, 0.25) is 0 Å². The summed E-state index contributed by atoms with van der Waals surface area (Å²) >= 11 is 0. The van der Waals surface area contributed by atoms with Crippen LogP contribution in [0, 0.1) is 5.82 Å². The molecule has 0 bridgehead atoms. The third-order valence-corrected chi connectivity index (χ3v) is 5.33. The Hall–Kier alpha value is -1.62. The van der Waals surface area contributed by atoms with Crippen molar-refractivity contribution >= 4 is 5.91 Å². The SMILES string of the molecule is COc1cc(C2CN(C(=O)CN3C(C)CCC3C)C2)ccc1F. The summed E-state index contributed by atoms with van der Waals surface area (Å²) in [5.74, 6) is 0.408. The van der Waals surface area contributed by atoms with E-state index in [0.717, 1.165) is 5.56 Å². The largest absolute Gasteiger partial charge is 0.494 e. The molecule has 2 atom stereocenters. The zero-order chi connectivity index (χ0) is 16.6. The third kappa shape index (κ3) is 3.20. The van der Waals surface area contributed by atoms with Gasteiger partial charge in [-0.15, -0.1) is 0 Å². The van der Waals surface area contributed by atoms with Gasteiger partial charge in [0, 0.05) is 31.1 Å². The van der Waals surface area contributed by atoms with Crippen molar-refractivity contribution in [3.63, 3.8) is 0 Å². The molecule has 126 valence electrons. The van der Waals surface area contributed by atoms with Gasteiger partial charge in [0.1, 0.15) is 0 Å². The lowest BCUT2D eigenvalue weighted by Gasteiger charge is -2.41. The van der Waals surface area contributed by atoms with Gasteiger partial charge in [-0.2, -0.15) is 0 Å². The van der Waals surface area contributed by atoms with Crippen LogP contribution < -0.4 is 4.74 Å². The van der Waals surface area contributed by atoms with Gasteiger partial charge >= 0.3 is 0 Å². The number of rotatable bonds is 4. The summed E-state index contributed by atoms with van der Waals surface area (Å²) in [5.41, 5.74) is 1.04. The van der Waals surface area contributed by atoms with Crippen LogP contribution >= 0.6 is 0 Å². The number of hydrogen-bond acceptors (Lipinski definition) is 3. The second-order valence-electron chi connectivity index (χ2n) is 6.84. The van der Waals surface area contributed by atoms with E-state index in [1.807, 2.05) is 4.90 Å². The van der Waals surface area contributed by atoms with Crippen LogP contribution in [0.15, 0.2) is 18.2 Å². The minimum Gasteiger partial charge on any atom is -0.494 e. The quantitative estimate of drug-likeness (QED) is 0.855. The van der Waals surface area contributed by atoms with Crippen LogP contribution in [-0.2, 0) is 4.79 Å². The summed E-state index contributed by atoms with van der Waals surface area (Å²) in [7, 11) is 1.47. The number of amides is 1. The Morgan fingerprint density at radius 1 is 1.26 bits per heavy atom. The minimum atomic E-state index is -0.347. The highest BCUT2D eigenvalue weighted by Gasteiger charge is 2.35. The Morgan fingerprint density at radius 3 is 2.52 bits per heavy atom. The third-order valence-electron chi connectivity index (χ3n) is 5.33. The smallest absolute Gasteiger partial charge is 0.236 e. The number of likely N-dealkylation sites (tertiary alicyclic amines) is 2. The van der Waals surface area contributed by atoms with Gasteiger partial charge in [-0.05, 0) is 44.4 Å². The van der Waals surface area contributed by atoms with Gasteiger partial charge < -0.3 is 9.64 Å². The molecule has 0 aliphatic carbocycles. The molecule has 0 radical (unpaired) electrons. The summed E-state index contributed by atoms with van der Waals surface area (Å²) in [4.78, 5) is 16.6. The highest BCUT2D eigenvalue weighted by Crippen LogP contribution is 2.31. The van der Waals surface area contributed by atoms with Crippen molar-refractivity contribution in [3.8, 4) is 5.75 Å². The topological polar surface area (TPSA) is 32.8 Å². The summed E-state index contributed by atoms with van der Waals surface area (Å²) in [6.07, 6.45) is 2.35. The summed E-state index contributed by atoms with van der Waals surface area (Å²) < 4.78 is 18.5. The molecular weight excluding hydrogens is 295 g/mol. The van der Waals surface area contributed by atoms with E-state index in [1.165, 1.54) is 26.0 Å². The molecule has 2 unspecified atom stereocenters. The zero-order valence-corrected chi connectivity index (χ0v) is 14.1. The Labute approximate surface area is 137 Å². The average Bonchev–Trinajstić information content (AvgIpc) is 2.79. The maximum absolute atomic E-state index is 13.5. The first-order valence-electron chi connectivity index (χ1n) is 8.36. The predicted octanol–water partition coefficient (Wildman–Crippen LogP) is 2.63. The predicted molar refractivity (Wildman–Crippen MR) is 87.1 cm³/mol. The number of benzene rings is 1. The van der Waals surface area contributed by atoms with Gasteiger partial charge in [-0.1, -0.05) is 6.07 Å². The Kier molecular flexibility index (Phi) is 4.57. The molecule has 0 saturated carbocycles. The summed E-state index contributed by atoms with van der Waals surface area (Å²) in [5, 5.41) is 0. The number of nitrogens with zero attached hydrogens (tertiary/aromatic N) is 2. The molecule has 1 aromatic rings. The first-order chi connectivity index (χ1) is 11.0. The van der Waals surface area contributed by atoms with Crippen molar-refractivity contribution in [3.05, 3.63) is 29.6 Å². The standard InChI is InChI=1S/C18H25FN2O2/c1-12-4-5-13(2)21(12)11-18(22)20-9-15(10-20)14-6-7-16(19)17(8-14)23-3/h6-8,12-13,15H,4-5,9-11H2,1-3H3. The molecule has 1 amide bonds. The maximum atomic E-state index is 13.5. The molecule has 0 spiro atoms. The number of methoxy groups -OCH3 is 1. The lowest BCUT2D eigenvalue weighted by atomic mass is 9.91. The fourth-order valence-corrected chi connectivity index (χ4v) is 3.64. The fourth-order valence-electron chi connectivity index (χ4n) is 3.64. The van der Waals surface area contributed by atoms with Gasteiger partial charge in [0.25, 0.3) is 0 Å². The number of carbonyl (C=O) groups excluding carboxylic acids is 1. The van der Waals surface area contributed by atoms with Crippen LogP contribution in [0.1, 0.15) is 38.2 Å². The molecule has 1 aromatic carbocycles. The van der Waals surface area contributed by atoms with E-state index in [4.69, 9.17) is 4.74 Å². The normalized spacial score (nSPS) is 25.5. The van der Waals surface area contributed by atoms with Crippen molar-refractivity contribution in [2.24, 2.45) is 0 Å². The first kappa shape index (κ1) is 16.2. The number of carbonyl (C=O) groups is 1. The van der Waals surface area contributed by atoms with Crippen LogP contribution in [0.25, 0.3) is 0 Å². The minimum absolute atomic E-state index is 0.205. The molecule has 2 aliphatic rings. The van der Waals surface area contributed by atoms with E-state index < -0.39 is 0 Å². The van der Waals surface area contributed by atoms with E-state index in [9.17, 15) is 9.18 Å². The van der Waals surface area contributed by atoms with Gasteiger partial charge in [-0.25, -0.2) is 4.39 Å². The van der Waals surface area contributed by atoms with E-state index in [1.54, 1.807) is 12.1 Å². The van der Waals surface area contributed by atoms with Crippen LogP contribution in [0.4, 0.5) is 4.39 Å². The van der Waals surface area contributed by atoms with Crippen molar-refractivity contribution in [2.45, 2.75) is 44.7 Å². The second-order valence-corrected chi connectivity index (χ2v) is 6.84. The summed E-state index contributed by atoms with van der Waals surface area (Å²) in [6.45, 7) is 6.33. The summed E-state index contributed by atoms with van der Waals surface area (Å²) in [6, 6.07) is 5.95. The van der Waals surface area contributed by atoms with Crippen molar-refractivity contribution in [1.82, 2.24) is 9.80 Å². The van der Waals surface area contributed by atoms with Crippen LogP contribution in [0.3, 0.4) is 0 Å².